The zero-order valence-corrected chi connectivity index (χ0v) is 8.60. The second-order valence-corrected chi connectivity index (χ2v) is 3.34. The fourth-order valence-corrected chi connectivity index (χ4v) is 1.25. The quantitative estimate of drug-likeness (QED) is 0.467. The molecule has 1 unspecified atom stereocenters. The summed E-state index contributed by atoms with van der Waals surface area (Å²) in [5, 5.41) is 9.52. The molecule has 0 radical (unpaired) electrons. The predicted octanol–water partition coefficient (Wildman–Crippen LogP) is 2.07. The summed E-state index contributed by atoms with van der Waals surface area (Å²) >= 11 is 0. The summed E-state index contributed by atoms with van der Waals surface area (Å²) in [6.07, 6.45) is 4.75. The molecule has 0 saturated carbocycles. The number of carbonyl (C=O) groups excluding carboxylic acids is 1. The first-order valence-electron chi connectivity index (χ1n) is 4.10. The molecule has 1 N–H and O–H groups in total. The van der Waals surface area contributed by atoms with E-state index in [0.29, 0.717) is 5.56 Å². The van der Waals surface area contributed by atoms with E-state index >= 15 is 0 Å². The Morgan fingerprint density at radius 1 is 1.36 bits per heavy atom. The molecule has 0 aliphatic carbocycles. The molecule has 3 heteroatoms. The standard InChI is InChI=1S/C11H11O2P/c1-14-8-10(12)7-11(13)9-5-3-2-4-6-9/h2-8,13-14H,1H2/b11-7-. The van der Waals surface area contributed by atoms with Crippen LogP contribution in [0.5, 0.6) is 0 Å². The van der Waals surface area contributed by atoms with Crippen LogP contribution in [0.3, 0.4) is 0 Å². The minimum Gasteiger partial charge on any atom is -0.507 e. The first kappa shape index (κ1) is 10.6. The molecule has 72 valence electrons. The third-order valence-corrected chi connectivity index (χ3v) is 2.08. The van der Waals surface area contributed by atoms with E-state index in [1.54, 1.807) is 24.3 Å². The monoisotopic (exact) mass is 206 g/mol. The van der Waals surface area contributed by atoms with Gasteiger partial charge in [-0.05, 0) is 0 Å². The Bertz CT molecular complexity index is 401. The van der Waals surface area contributed by atoms with E-state index in [2.05, 4.69) is 6.30 Å². The average molecular weight is 206 g/mol. The van der Waals surface area contributed by atoms with Gasteiger partial charge in [-0.25, -0.2) is 0 Å². The van der Waals surface area contributed by atoms with Crippen molar-refractivity contribution in [3.63, 3.8) is 0 Å². The fraction of sp³-hybridized carbons (Fsp3) is 0. The predicted molar refractivity (Wildman–Crippen MR) is 63.6 cm³/mol. The van der Waals surface area contributed by atoms with Gasteiger partial charge < -0.3 is 5.11 Å². The number of hydrogen-bond acceptors (Lipinski definition) is 2. The molecular weight excluding hydrogens is 195 g/mol. The molecule has 0 saturated heterocycles. The summed E-state index contributed by atoms with van der Waals surface area (Å²) in [5.41, 5.74) is 0.640. The third-order valence-electron chi connectivity index (χ3n) is 1.59. The maximum Gasteiger partial charge on any atom is 0.185 e. The van der Waals surface area contributed by atoms with Crippen molar-refractivity contribution in [2.45, 2.75) is 0 Å². The van der Waals surface area contributed by atoms with Crippen LogP contribution in [0.2, 0.25) is 0 Å². The molecule has 0 bridgehead atoms. The fourth-order valence-electron chi connectivity index (χ4n) is 0.969. The highest BCUT2D eigenvalue weighted by atomic mass is 31.0. The Morgan fingerprint density at radius 3 is 2.57 bits per heavy atom. The Morgan fingerprint density at radius 2 is 2.00 bits per heavy atom. The van der Waals surface area contributed by atoms with Crippen LogP contribution in [0.25, 0.3) is 5.76 Å². The first-order valence-corrected chi connectivity index (χ1v) is 5.38. The van der Waals surface area contributed by atoms with Crippen molar-refractivity contribution < 1.29 is 9.90 Å². The van der Waals surface area contributed by atoms with E-state index in [1.807, 2.05) is 6.07 Å². The van der Waals surface area contributed by atoms with Gasteiger partial charge in [0.1, 0.15) is 5.76 Å². The largest absolute Gasteiger partial charge is 0.507 e. The Hall–Kier alpha value is -1.53. The summed E-state index contributed by atoms with van der Waals surface area (Å²) in [6.45, 7) is 0. The van der Waals surface area contributed by atoms with Gasteiger partial charge in [-0.1, -0.05) is 36.6 Å². The SMILES string of the molecule is C=[PH]=CC(=O)/C=C(\O)c1ccccc1. The smallest absolute Gasteiger partial charge is 0.185 e. The molecule has 0 fully saturated rings. The van der Waals surface area contributed by atoms with Crippen molar-refractivity contribution in [2.75, 3.05) is 0 Å². The zero-order valence-electron chi connectivity index (χ0n) is 7.60. The number of ketones is 1. The van der Waals surface area contributed by atoms with Crippen molar-refractivity contribution in [2.24, 2.45) is 0 Å². The van der Waals surface area contributed by atoms with E-state index in [1.165, 1.54) is 11.9 Å². The maximum absolute atomic E-state index is 11.1. The summed E-state index contributed by atoms with van der Waals surface area (Å²) in [7, 11) is 0.215. The van der Waals surface area contributed by atoms with E-state index in [0.717, 1.165) is 0 Å². The molecule has 1 aromatic carbocycles. The average Bonchev–Trinajstić information content (AvgIpc) is 2.19. The van der Waals surface area contributed by atoms with Gasteiger partial charge in [0, 0.05) is 17.4 Å². The lowest BCUT2D eigenvalue weighted by Gasteiger charge is -1.97. The highest BCUT2D eigenvalue weighted by Gasteiger charge is 1.98. The highest BCUT2D eigenvalue weighted by molar-refractivity contribution is 7.39. The van der Waals surface area contributed by atoms with Gasteiger partial charge in [0.15, 0.2) is 5.78 Å². The van der Waals surface area contributed by atoms with Gasteiger partial charge in [0.05, 0.1) is 0 Å². The number of carbonyl (C=O) groups is 1. The molecular formula is C11H11O2P. The number of aliphatic hydroxyl groups excluding tert-OH is 1. The van der Waals surface area contributed by atoms with Gasteiger partial charge in [-0.2, -0.15) is 0 Å². The van der Waals surface area contributed by atoms with Crippen LogP contribution in [0.1, 0.15) is 5.56 Å². The maximum atomic E-state index is 11.1. The number of rotatable bonds is 3. The molecule has 0 aromatic heterocycles. The van der Waals surface area contributed by atoms with Gasteiger partial charge in [0.2, 0.25) is 0 Å². The van der Waals surface area contributed by atoms with Crippen molar-refractivity contribution in [1.29, 1.82) is 0 Å². The molecule has 2 nitrogen and oxygen atoms in total. The van der Waals surface area contributed by atoms with Crippen LogP contribution in [0.15, 0.2) is 36.4 Å². The normalized spacial score (nSPS) is 11.3. The van der Waals surface area contributed by atoms with Gasteiger partial charge >= 0.3 is 0 Å². The zero-order chi connectivity index (χ0) is 10.4. The van der Waals surface area contributed by atoms with Crippen molar-refractivity contribution in [3.05, 3.63) is 42.0 Å². The summed E-state index contributed by atoms with van der Waals surface area (Å²) in [4.78, 5) is 11.1. The van der Waals surface area contributed by atoms with Gasteiger partial charge in [-0.15, -0.1) is 7.83 Å². The first-order chi connectivity index (χ1) is 6.74. The Labute approximate surface area is 84.0 Å². The summed E-state index contributed by atoms with van der Waals surface area (Å²) in [5.74, 6) is 1.23. The topological polar surface area (TPSA) is 37.3 Å². The summed E-state index contributed by atoms with van der Waals surface area (Å²) < 4.78 is 0. The molecule has 1 aromatic rings. The lowest BCUT2D eigenvalue weighted by atomic mass is 10.1. The summed E-state index contributed by atoms with van der Waals surface area (Å²) in [6, 6.07) is 8.94. The van der Waals surface area contributed by atoms with Crippen molar-refractivity contribution >= 4 is 31.5 Å². The molecule has 0 amide bonds. The van der Waals surface area contributed by atoms with Crippen LogP contribution < -0.4 is 0 Å². The molecule has 1 rings (SSSR count). The van der Waals surface area contributed by atoms with Crippen LogP contribution >= 0.6 is 7.83 Å². The molecule has 14 heavy (non-hydrogen) atoms. The molecule has 0 spiro atoms. The molecule has 0 heterocycles. The van der Waals surface area contributed by atoms with Crippen LogP contribution in [0.4, 0.5) is 0 Å². The van der Waals surface area contributed by atoms with E-state index in [-0.39, 0.29) is 19.4 Å². The van der Waals surface area contributed by atoms with E-state index in [4.69, 9.17) is 0 Å². The highest BCUT2D eigenvalue weighted by Crippen LogP contribution is 2.09. The number of allylic oxidation sites excluding steroid dienone is 1. The number of aliphatic hydroxyl groups is 1. The second-order valence-electron chi connectivity index (χ2n) is 2.65. The van der Waals surface area contributed by atoms with Gasteiger partial charge in [0.25, 0.3) is 0 Å². The Balaban J connectivity index is 2.90. The molecule has 0 aliphatic heterocycles. The van der Waals surface area contributed by atoms with Crippen LogP contribution in [-0.4, -0.2) is 23.0 Å². The minimum atomic E-state index is -0.209. The third kappa shape index (κ3) is 3.08. The number of hydrogen-bond donors (Lipinski definition) is 1. The lowest BCUT2D eigenvalue weighted by molar-refractivity contribution is -0.108. The van der Waals surface area contributed by atoms with E-state index < -0.39 is 0 Å². The number of benzene rings is 1. The van der Waals surface area contributed by atoms with Crippen LogP contribution in [-0.2, 0) is 4.79 Å². The van der Waals surface area contributed by atoms with Gasteiger partial charge in [-0.3, -0.25) is 4.79 Å². The van der Waals surface area contributed by atoms with Crippen LogP contribution in [0, 0.1) is 0 Å². The minimum absolute atomic E-state index is 0.00917. The second kappa shape index (κ2) is 5.25. The molecule has 0 aliphatic rings. The molecule has 1 atom stereocenters. The lowest BCUT2D eigenvalue weighted by Crippen LogP contribution is -1.93. The van der Waals surface area contributed by atoms with E-state index in [9.17, 15) is 9.90 Å². The Kier molecular flexibility index (Phi) is 3.96. The van der Waals surface area contributed by atoms with Crippen molar-refractivity contribution in [1.82, 2.24) is 0 Å². The van der Waals surface area contributed by atoms with Crippen molar-refractivity contribution in [3.8, 4) is 0 Å².